The number of amides is 1. The van der Waals surface area contributed by atoms with Gasteiger partial charge in [0.05, 0.1) is 16.2 Å². The fraction of sp³-hybridized carbons (Fsp3) is 0.133. The van der Waals surface area contributed by atoms with Gasteiger partial charge < -0.3 is 5.32 Å². The van der Waals surface area contributed by atoms with Crippen molar-refractivity contribution < 1.29 is 4.79 Å². The van der Waals surface area contributed by atoms with Gasteiger partial charge in [-0.1, -0.05) is 23.2 Å². The number of hydrogen-bond donors (Lipinski definition) is 1. The van der Waals surface area contributed by atoms with Crippen LogP contribution in [0.25, 0.3) is 22.3 Å². The molecule has 0 aliphatic carbocycles. The zero-order valence-corrected chi connectivity index (χ0v) is 16.8. The van der Waals surface area contributed by atoms with Crippen molar-refractivity contribution >= 4 is 67.9 Å². The van der Waals surface area contributed by atoms with Crippen LogP contribution in [0.3, 0.4) is 0 Å². The average molecular weight is 441 g/mol. The van der Waals surface area contributed by atoms with E-state index in [0.717, 1.165) is 0 Å². The number of carbonyl (C=O) groups is 1. The first-order valence-corrected chi connectivity index (χ1v) is 9.95. The molecule has 4 aromatic heterocycles. The fourth-order valence-electron chi connectivity index (χ4n) is 2.46. The Kier molecular flexibility index (Phi) is 4.72. The molecule has 0 saturated carbocycles. The van der Waals surface area contributed by atoms with E-state index in [1.165, 1.54) is 44.4 Å². The van der Waals surface area contributed by atoms with Gasteiger partial charge in [0.1, 0.15) is 22.6 Å². The maximum Gasteiger partial charge on any atom is 0.264 e. The molecule has 0 spiro atoms. The Labute approximate surface area is 170 Å². The summed E-state index contributed by atoms with van der Waals surface area (Å²) in [4.78, 5) is 33.2. The number of halogens is 2. The van der Waals surface area contributed by atoms with Crippen LogP contribution in [-0.4, -0.2) is 30.2 Å². The van der Waals surface area contributed by atoms with Gasteiger partial charge in [0.2, 0.25) is 5.91 Å². The monoisotopic (exact) mass is 440 g/mol. The van der Waals surface area contributed by atoms with E-state index in [-0.39, 0.29) is 12.1 Å². The number of nitrogens with one attached hydrogen (secondary N) is 1. The highest BCUT2D eigenvalue weighted by atomic mass is 35.5. The topological polar surface area (TPSA) is 94.7 Å². The SMILES string of the molecule is Cn1ncc2c(=O)n(CC(=O)Nc3nc(-c4cc(Cl)sc4Cl)cs3)cnc21. The molecule has 1 amide bonds. The Morgan fingerprint density at radius 2 is 2.19 bits per heavy atom. The Bertz CT molecular complexity index is 1220. The summed E-state index contributed by atoms with van der Waals surface area (Å²) in [5, 5.41) is 9.20. The molecule has 4 aromatic rings. The second-order valence-electron chi connectivity index (χ2n) is 5.51. The summed E-state index contributed by atoms with van der Waals surface area (Å²) in [7, 11) is 1.69. The zero-order chi connectivity index (χ0) is 19.1. The lowest BCUT2D eigenvalue weighted by Gasteiger charge is -2.05. The molecule has 138 valence electrons. The van der Waals surface area contributed by atoms with Gasteiger partial charge in [0, 0.05) is 18.0 Å². The van der Waals surface area contributed by atoms with Crippen LogP contribution in [0.4, 0.5) is 5.13 Å². The number of rotatable bonds is 4. The molecule has 1 N–H and O–H groups in total. The highest BCUT2D eigenvalue weighted by Gasteiger charge is 2.15. The quantitative estimate of drug-likeness (QED) is 0.525. The highest BCUT2D eigenvalue weighted by molar-refractivity contribution is 7.20. The minimum absolute atomic E-state index is 0.184. The standard InChI is InChI=1S/C15H10Cl2N6O2S2/c1-22-13-8(3-19-22)14(25)23(6-18-13)4-11(24)21-15-20-9(5-26-15)7-2-10(16)27-12(7)17/h2-3,5-6H,4H2,1H3,(H,20,21,24). The molecule has 4 heterocycles. The van der Waals surface area contributed by atoms with E-state index >= 15 is 0 Å². The first kappa shape index (κ1) is 18.1. The van der Waals surface area contributed by atoms with Crippen molar-refractivity contribution in [1.29, 1.82) is 0 Å². The van der Waals surface area contributed by atoms with E-state index in [1.807, 2.05) is 0 Å². The number of thiazole rings is 1. The Morgan fingerprint density at radius 1 is 1.37 bits per heavy atom. The van der Waals surface area contributed by atoms with E-state index < -0.39 is 5.91 Å². The van der Waals surface area contributed by atoms with Gasteiger partial charge in [-0.25, -0.2) is 9.97 Å². The molecular weight excluding hydrogens is 431 g/mol. The van der Waals surface area contributed by atoms with E-state index in [1.54, 1.807) is 18.5 Å². The maximum absolute atomic E-state index is 12.4. The van der Waals surface area contributed by atoms with Crippen molar-refractivity contribution in [3.8, 4) is 11.3 Å². The predicted molar refractivity (Wildman–Crippen MR) is 107 cm³/mol. The summed E-state index contributed by atoms with van der Waals surface area (Å²) >= 11 is 14.6. The lowest BCUT2D eigenvalue weighted by molar-refractivity contribution is -0.116. The number of hydrogen-bond acceptors (Lipinski definition) is 7. The first-order chi connectivity index (χ1) is 12.9. The van der Waals surface area contributed by atoms with Gasteiger partial charge in [0.15, 0.2) is 10.8 Å². The number of fused-ring (bicyclic) bond motifs is 1. The molecule has 27 heavy (non-hydrogen) atoms. The number of nitrogens with zero attached hydrogens (tertiary/aromatic N) is 5. The summed E-state index contributed by atoms with van der Waals surface area (Å²) in [5.41, 5.74) is 1.47. The smallest absolute Gasteiger partial charge is 0.264 e. The molecule has 0 aliphatic rings. The third-order valence-electron chi connectivity index (χ3n) is 3.72. The van der Waals surface area contributed by atoms with E-state index in [9.17, 15) is 9.59 Å². The molecule has 0 bridgehead atoms. The largest absolute Gasteiger partial charge is 0.300 e. The third kappa shape index (κ3) is 3.48. The molecule has 0 aromatic carbocycles. The molecule has 0 atom stereocenters. The van der Waals surface area contributed by atoms with Gasteiger partial charge in [-0.2, -0.15) is 5.10 Å². The van der Waals surface area contributed by atoms with Crippen LogP contribution in [-0.2, 0) is 18.4 Å². The average Bonchev–Trinajstić information content (AvgIpc) is 3.30. The van der Waals surface area contributed by atoms with Crippen LogP contribution in [0.5, 0.6) is 0 Å². The molecule has 0 radical (unpaired) electrons. The zero-order valence-electron chi connectivity index (χ0n) is 13.6. The van der Waals surface area contributed by atoms with E-state index in [2.05, 4.69) is 20.4 Å². The molecule has 0 fully saturated rings. The number of carbonyl (C=O) groups excluding carboxylic acids is 1. The second-order valence-corrected chi connectivity index (χ2v) is 8.65. The van der Waals surface area contributed by atoms with Crippen molar-refractivity contribution in [2.24, 2.45) is 7.05 Å². The van der Waals surface area contributed by atoms with Crippen LogP contribution in [0.15, 0.2) is 28.8 Å². The number of thiophene rings is 1. The van der Waals surface area contributed by atoms with Crippen LogP contribution in [0.2, 0.25) is 8.67 Å². The molecule has 4 rings (SSSR count). The van der Waals surface area contributed by atoms with Gasteiger partial charge in [0.25, 0.3) is 5.56 Å². The van der Waals surface area contributed by atoms with E-state index in [0.29, 0.717) is 36.1 Å². The fourth-order valence-corrected chi connectivity index (χ4v) is 4.67. The lowest BCUT2D eigenvalue weighted by atomic mass is 10.3. The van der Waals surface area contributed by atoms with Crippen molar-refractivity contribution in [1.82, 2.24) is 24.3 Å². The Morgan fingerprint density at radius 3 is 2.93 bits per heavy atom. The van der Waals surface area contributed by atoms with E-state index in [4.69, 9.17) is 23.2 Å². The van der Waals surface area contributed by atoms with Gasteiger partial charge >= 0.3 is 0 Å². The Balaban J connectivity index is 1.51. The highest BCUT2D eigenvalue weighted by Crippen LogP contribution is 2.38. The van der Waals surface area contributed by atoms with Crippen LogP contribution in [0, 0.1) is 0 Å². The normalized spacial score (nSPS) is 11.2. The number of aromatic nitrogens is 5. The molecule has 0 saturated heterocycles. The summed E-state index contributed by atoms with van der Waals surface area (Å²) in [6.45, 7) is -0.184. The predicted octanol–water partition coefficient (Wildman–Crippen LogP) is 3.26. The summed E-state index contributed by atoms with van der Waals surface area (Å²) < 4.78 is 3.82. The van der Waals surface area contributed by atoms with Crippen molar-refractivity contribution in [2.45, 2.75) is 6.54 Å². The Hall–Kier alpha value is -2.27. The summed E-state index contributed by atoms with van der Waals surface area (Å²) in [6.07, 6.45) is 2.76. The van der Waals surface area contributed by atoms with Crippen LogP contribution >= 0.6 is 45.9 Å². The summed E-state index contributed by atoms with van der Waals surface area (Å²) in [5.74, 6) is -0.391. The van der Waals surface area contributed by atoms with Gasteiger partial charge in [-0.3, -0.25) is 18.8 Å². The molecule has 8 nitrogen and oxygen atoms in total. The van der Waals surface area contributed by atoms with Gasteiger partial charge in [-0.05, 0) is 6.07 Å². The van der Waals surface area contributed by atoms with Crippen molar-refractivity contribution in [2.75, 3.05) is 5.32 Å². The van der Waals surface area contributed by atoms with Crippen molar-refractivity contribution in [3.63, 3.8) is 0 Å². The molecular formula is C15H10Cl2N6O2S2. The third-order valence-corrected chi connectivity index (χ3v) is 5.96. The minimum Gasteiger partial charge on any atom is -0.300 e. The number of aryl methyl sites for hydroxylation is 1. The van der Waals surface area contributed by atoms with Crippen molar-refractivity contribution in [3.05, 3.63) is 43.0 Å². The summed E-state index contributed by atoms with van der Waals surface area (Å²) in [6, 6.07) is 1.73. The maximum atomic E-state index is 12.4. The lowest BCUT2D eigenvalue weighted by Crippen LogP contribution is -2.27. The van der Waals surface area contributed by atoms with Crippen LogP contribution < -0.4 is 10.9 Å². The van der Waals surface area contributed by atoms with Gasteiger partial charge in [-0.15, -0.1) is 22.7 Å². The molecule has 0 unspecified atom stereocenters. The first-order valence-electron chi connectivity index (χ1n) is 7.50. The second kappa shape index (κ2) is 7.04. The minimum atomic E-state index is -0.391. The van der Waals surface area contributed by atoms with Crippen LogP contribution in [0.1, 0.15) is 0 Å². The molecule has 0 aliphatic heterocycles. The number of anilines is 1. The molecule has 12 heteroatoms.